The fourth-order valence-electron chi connectivity index (χ4n) is 2.80. The summed E-state index contributed by atoms with van der Waals surface area (Å²) in [4.78, 5) is 0. The van der Waals surface area contributed by atoms with E-state index in [9.17, 15) is 8.42 Å². The molecular weight excluding hydrogens is 308 g/mol. The zero-order valence-electron chi connectivity index (χ0n) is 12.6. The van der Waals surface area contributed by atoms with E-state index in [1.807, 2.05) is 18.2 Å². The summed E-state index contributed by atoms with van der Waals surface area (Å²) < 4.78 is 28.2. The zero-order chi connectivity index (χ0) is 15.5. The third kappa shape index (κ3) is 3.97. The quantitative estimate of drug-likeness (QED) is 0.831. The van der Waals surface area contributed by atoms with Crippen molar-refractivity contribution >= 4 is 21.8 Å². The number of rotatable bonds is 5. The van der Waals surface area contributed by atoms with Gasteiger partial charge in [-0.25, -0.2) is 0 Å². The standard InChI is InChI=1S/C15H23ClN2O2S/c1-17(12-13-8-6-7-11-15(13)16)21(19,20)18(2)14-9-4-3-5-10-14/h6-8,11,14H,3-5,9-10,12H2,1-2H3. The van der Waals surface area contributed by atoms with Gasteiger partial charge >= 0.3 is 0 Å². The van der Waals surface area contributed by atoms with Gasteiger partial charge in [0.2, 0.25) is 0 Å². The van der Waals surface area contributed by atoms with Crippen LogP contribution in [-0.4, -0.2) is 37.2 Å². The maximum absolute atomic E-state index is 12.7. The van der Waals surface area contributed by atoms with Gasteiger partial charge in [-0.3, -0.25) is 0 Å². The van der Waals surface area contributed by atoms with E-state index in [0.29, 0.717) is 11.6 Å². The molecule has 1 aliphatic carbocycles. The lowest BCUT2D eigenvalue weighted by Crippen LogP contribution is -2.45. The minimum atomic E-state index is -3.45. The maximum Gasteiger partial charge on any atom is 0.282 e. The largest absolute Gasteiger partial charge is 0.282 e. The molecule has 0 unspecified atom stereocenters. The molecule has 1 aromatic carbocycles. The summed E-state index contributed by atoms with van der Waals surface area (Å²) in [5.41, 5.74) is 0.822. The van der Waals surface area contributed by atoms with Gasteiger partial charge < -0.3 is 0 Å². The Balaban J connectivity index is 2.09. The Morgan fingerprint density at radius 3 is 2.38 bits per heavy atom. The molecule has 0 amide bonds. The van der Waals surface area contributed by atoms with Crippen molar-refractivity contribution in [3.8, 4) is 0 Å². The fraction of sp³-hybridized carbons (Fsp3) is 0.600. The van der Waals surface area contributed by atoms with Gasteiger partial charge in [-0.1, -0.05) is 49.1 Å². The van der Waals surface area contributed by atoms with Gasteiger partial charge in [0.1, 0.15) is 0 Å². The van der Waals surface area contributed by atoms with Crippen LogP contribution in [0.3, 0.4) is 0 Å². The van der Waals surface area contributed by atoms with Crippen molar-refractivity contribution in [2.24, 2.45) is 0 Å². The zero-order valence-corrected chi connectivity index (χ0v) is 14.2. The van der Waals surface area contributed by atoms with E-state index in [2.05, 4.69) is 0 Å². The summed E-state index contributed by atoms with van der Waals surface area (Å²) in [7, 11) is -0.148. The average Bonchev–Trinajstić information content (AvgIpc) is 2.49. The second-order valence-electron chi connectivity index (χ2n) is 5.66. The molecule has 0 radical (unpaired) electrons. The normalized spacial score (nSPS) is 17.6. The molecule has 0 spiro atoms. The monoisotopic (exact) mass is 330 g/mol. The Kier molecular flexibility index (Phi) is 5.66. The third-order valence-corrected chi connectivity index (χ3v) is 6.51. The number of nitrogens with zero attached hydrogens (tertiary/aromatic N) is 2. The molecule has 0 bridgehead atoms. The fourth-order valence-corrected chi connectivity index (χ4v) is 4.33. The van der Waals surface area contributed by atoms with Crippen molar-refractivity contribution in [2.45, 2.75) is 44.7 Å². The molecule has 1 saturated carbocycles. The minimum Gasteiger partial charge on any atom is -0.195 e. The number of hydrogen-bond donors (Lipinski definition) is 0. The molecule has 0 N–H and O–H groups in total. The highest BCUT2D eigenvalue weighted by Crippen LogP contribution is 2.25. The predicted molar refractivity (Wildman–Crippen MR) is 86.5 cm³/mol. The van der Waals surface area contributed by atoms with Crippen LogP contribution in [-0.2, 0) is 16.8 Å². The summed E-state index contributed by atoms with van der Waals surface area (Å²) in [5.74, 6) is 0. The first kappa shape index (κ1) is 16.7. The summed E-state index contributed by atoms with van der Waals surface area (Å²) in [6.07, 6.45) is 5.34. The van der Waals surface area contributed by atoms with E-state index < -0.39 is 10.2 Å². The van der Waals surface area contributed by atoms with E-state index in [4.69, 9.17) is 11.6 Å². The molecule has 0 atom stereocenters. The number of benzene rings is 1. The Morgan fingerprint density at radius 2 is 1.76 bits per heavy atom. The van der Waals surface area contributed by atoms with Gasteiger partial charge in [0.15, 0.2) is 0 Å². The minimum absolute atomic E-state index is 0.123. The highest BCUT2D eigenvalue weighted by molar-refractivity contribution is 7.86. The summed E-state index contributed by atoms with van der Waals surface area (Å²) >= 11 is 6.11. The van der Waals surface area contributed by atoms with Gasteiger partial charge in [0, 0.05) is 31.7 Å². The predicted octanol–water partition coefficient (Wildman–Crippen LogP) is 3.28. The molecule has 1 aliphatic rings. The third-order valence-electron chi connectivity index (χ3n) is 4.20. The second kappa shape index (κ2) is 7.09. The van der Waals surface area contributed by atoms with Crippen LogP contribution in [0.15, 0.2) is 24.3 Å². The van der Waals surface area contributed by atoms with Crippen LogP contribution < -0.4 is 0 Å². The molecule has 1 fully saturated rings. The highest BCUT2D eigenvalue weighted by Gasteiger charge is 2.30. The Hall–Kier alpha value is -0.620. The van der Waals surface area contributed by atoms with Crippen molar-refractivity contribution in [3.63, 3.8) is 0 Å². The Labute approximate surface area is 132 Å². The topological polar surface area (TPSA) is 40.6 Å². The smallest absolute Gasteiger partial charge is 0.195 e. The Bertz CT molecular complexity index is 571. The van der Waals surface area contributed by atoms with Crippen molar-refractivity contribution in [1.82, 2.24) is 8.61 Å². The van der Waals surface area contributed by atoms with E-state index in [1.165, 1.54) is 15.0 Å². The molecule has 21 heavy (non-hydrogen) atoms. The van der Waals surface area contributed by atoms with E-state index in [-0.39, 0.29) is 6.04 Å². The average molecular weight is 331 g/mol. The first-order valence-electron chi connectivity index (χ1n) is 7.35. The van der Waals surface area contributed by atoms with Crippen molar-refractivity contribution in [3.05, 3.63) is 34.9 Å². The number of halogens is 1. The van der Waals surface area contributed by atoms with E-state index in [0.717, 1.165) is 31.2 Å². The second-order valence-corrected chi connectivity index (χ2v) is 8.17. The summed E-state index contributed by atoms with van der Waals surface area (Å²) in [6.45, 7) is 0.291. The summed E-state index contributed by atoms with van der Waals surface area (Å²) in [6, 6.07) is 7.47. The lowest BCUT2D eigenvalue weighted by atomic mass is 9.96. The van der Waals surface area contributed by atoms with Crippen molar-refractivity contribution in [1.29, 1.82) is 0 Å². The SMILES string of the molecule is CN(Cc1ccccc1Cl)S(=O)(=O)N(C)C1CCCCC1. The molecule has 6 heteroatoms. The molecule has 0 aromatic heterocycles. The first-order chi connectivity index (χ1) is 9.93. The van der Waals surface area contributed by atoms with Gasteiger partial charge in [-0.2, -0.15) is 17.0 Å². The van der Waals surface area contributed by atoms with Gasteiger partial charge in [-0.05, 0) is 24.5 Å². The number of hydrogen-bond acceptors (Lipinski definition) is 2. The van der Waals surface area contributed by atoms with Crippen LogP contribution in [0.2, 0.25) is 5.02 Å². The summed E-state index contributed by atoms with van der Waals surface area (Å²) in [5, 5.41) is 0.597. The van der Waals surface area contributed by atoms with Gasteiger partial charge in [-0.15, -0.1) is 0 Å². The van der Waals surface area contributed by atoms with Crippen molar-refractivity contribution < 1.29 is 8.42 Å². The van der Waals surface area contributed by atoms with Gasteiger partial charge in [0.05, 0.1) is 0 Å². The van der Waals surface area contributed by atoms with Gasteiger partial charge in [0.25, 0.3) is 10.2 Å². The maximum atomic E-state index is 12.7. The van der Waals surface area contributed by atoms with E-state index >= 15 is 0 Å². The Morgan fingerprint density at radius 1 is 1.14 bits per heavy atom. The van der Waals surface area contributed by atoms with Crippen LogP contribution >= 0.6 is 11.6 Å². The lowest BCUT2D eigenvalue weighted by molar-refractivity contribution is 0.268. The molecule has 0 heterocycles. The van der Waals surface area contributed by atoms with Crippen LogP contribution in [0.4, 0.5) is 0 Å². The van der Waals surface area contributed by atoms with Crippen LogP contribution in [0, 0.1) is 0 Å². The molecule has 4 nitrogen and oxygen atoms in total. The lowest BCUT2D eigenvalue weighted by Gasteiger charge is -2.33. The highest BCUT2D eigenvalue weighted by atomic mass is 35.5. The molecule has 0 aliphatic heterocycles. The molecule has 118 valence electrons. The van der Waals surface area contributed by atoms with Crippen LogP contribution in [0.5, 0.6) is 0 Å². The van der Waals surface area contributed by atoms with Crippen molar-refractivity contribution in [2.75, 3.05) is 14.1 Å². The molecule has 1 aromatic rings. The van der Waals surface area contributed by atoms with Crippen LogP contribution in [0.25, 0.3) is 0 Å². The molecule has 2 rings (SSSR count). The van der Waals surface area contributed by atoms with E-state index in [1.54, 1.807) is 20.2 Å². The molecular formula is C15H23ClN2O2S. The molecule has 0 saturated heterocycles. The first-order valence-corrected chi connectivity index (χ1v) is 9.13. The van der Waals surface area contributed by atoms with Crippen LogP contribution in [0.1, 0.15) is 37.7 Å².